The van der Waals surface area contributed by atoms with Crippen molar-refractivity contribution in [3.63, 3.8) is 0 Å². The number of piperidine rings is 1. The summed E-state index contributed by atoms with van der Waals surface area (Å²) in [4.78, 5) is 23.1. The molecule has 1 saturated heterocycles. The zero-order valence-electron chi connectivity index (χ0n) is 14.3. The molecule has 1 aliphatic rings. The first-order valence-corrected chi connectivity index (χ1v) is 8.71. The van der Waals surface area contributed by atoms with Crippen molar-refractivity contribution >= 4 is 16.9 Å². The van der Waals surface area contributed by atoms with Crippen LogP contribution in [0.3, 0.4) is 0 Å². The number of carbonyl (C=O) groups is 1. The molecule has 128 valence electrons. The van der Waals surface area contributed by atoms with Gasteiger partial charge < -0.3 is 9.32 Å². The molecule has 0 unspecified atom stereocenters. The van der Waals surface area contributed by atoms with Gasteiger partial charge in [-0.2, -0.15) is 0 Å². The van der Waals surface area contributed by atoms with Crippen molar-refractivity contribution in [3.05, 3.63) is 59.9 Å². The van der Waals surface area contributed by atoms with Crippen LogP contribution in [0.2, 0.25) is 0 Å². The first-order valence-electron chi connectivity index (χ1n) is 8.71. The Morgan fingerprint density at radius 1 is 1.36 bits per heavy atom. The predicted molar refractivity (Wildman–Crippen MR) is 95.2 cm³/mol. The summed E-state index contributed by atoms with van der Waals surface area (Å²) in [6, 6.07) is 8.05. The van der Waals surface area contributed by atoms with Gasteiger partial charge in [-0.15, -0.1) is 0 Å². The minimum atomic E-state index is 0.155. The molecule has 1 amide bonds. The van der Waals surface area contributed by atoms with E-state index in [4.69, 9.17) is 4.42 Å². The van der Waals surface area contributed by atoms with Crippen molar-refractivity contribution in [3.8, 4) is 0 Å². The van der Waals surface area contributed by atoms with Gasteiger partial charge in [0.05, 0.1) is 12.7 Å². The highest BCUT2D eigenvalue weighted by Gasteiger charge is 2.26. The monoisotopic (exact) mass is 335 g/mol. The number of amides is 1. The third kappa shape index (κ3) is 3.27. The van der Waals surface area contributed by atoms with E-state index in [1.54, 1.807) is 18.8 Å². The van der Waals surface area contributed by atoms with E-state index in [1.807, 2.05) is 30.0 Å². The number of rotatable bonds is 3. The summed E-state index contributed by atoms with van der Waals surface area (Å²) in [6.45, 7) is 3.58. The summed E-state index contributed by atoms with van der Waals surface area (Å²) in [7, 11) is 0. The van der Waals surface area contributed by atoms with Crippen molar-refractivity contribution in [2.75, 3.05) is 13.1 Å². The maximum Gasteiger partial charge on any atom is 0.227 e. The van der Waals surface area contributed by atoms with Gasteiger partial charge in [0.2, 0.25) is 5.91 Å². The third-order valence-corrected chi connectivity index (χ3v) is 4.95. The van der Waals surface area contributed by atoms with Crippen molar-refractivity contribution in [2.45, 2.75) is 32.1 Å². The molecule has 0 aliphatic carbocycles. The molecule has 0 spiro atoms. The smallest absolute Gasteiger partial charge is 0.227 e. The second-order valence-electron chi connectivity index (χ2n) is 6.75. The Morgan fingerprint density at radius 2 is 2.28 bits per heavy atom. The zero-order chi connectivity index (χ0) is 17.2. The number of nitrogens with zero attached hydrogens (tertiary/aromatic N) is 3. The molecule has 5 nitrogen and oxygen atoms in total. The topological polar surface area (TPSA) is 59.2 Å². The Bertz CT molecular complexity index is 888. The number of carbonyl (C=O) groups excluding carboxylic acids is 1. The standard InChI is InChI=1S/C20H21N3O2/c1-14-4-5-17-16(12-25-19(17)9-14)10-20(24)23-8-2-3-15(11-23)18-6-7-21-13-22-18/h4-7,9,12-13,15H,2-3,8,10-11H2,1H3/t15-/m1/s1. The molecular formula is C20H21N3O2. The van der Waals surface area contributed by atoms with Crippen LogP contribution in [0.25, 0.3) is 11.0 Å². The van der Waals surface area contributed by atoms with Crippen LogP contribution >= 0.6 is 0 Å². The summed E-state index contributed by atoms with van der Waals surface area (Å²) in [5, 5.41) is 1.03. The second kappa shape index (κ2) is 6.67. The van der Waals surface area contributed by atoms with Crippen LogP contribution in [-0.4, -0.2) is 33.9 Å². The highest BCUT2D eigenvalue weighted by atomic mass is 16.3. The largest absolute Gasteiger partial charge is 0.464 e. The molecule has 0 saturated carbocycles. The van der Waals surface area contributed by atoms with Gasteiger partial charge in [0.25, 0.3) is 0 Å². The maximum absolute atomic E-state index is 12.8. The Kier molecular flexibility index (Phi) is 4.22. The van der Waals surface area contributed by atoms with Crippen molar-refractivity contribution < 1.29 is 9.21 Å². The number of hydrogen-bond acceptors (Lipinski definition) is 4. The molecule has 3 aromatic rings. The molecule has 5 heteroatoms. The fraction of sp³-hybridized carbons (Fsp3) is 0.350. The van der Waals surface area contributed by atoms with Crippen LogP contribution in [0, 0.1) is 6.92 Å². The second-order valence-corrected chi connectivity index (χ2v) is 6.75. The van der Waals surface area contributed by atoms with Gasteiger partial charge in [-0.1, -0.05) is 12.1 Å². The van der Waals surface area contributed by atoms with Gasteiger partial charge >= 0.3 is 0 Å². The van der Waals surface area contributed by atoms with Crippen molar-refractivity contribution in [1.29, 1.82) is 0 Å². The molecule has 25 heavy (non-hydrogen) atoms. The number of benzene rings is 1. The van der Waals surface area contributed by atoms with E-state index >= 15 is 0 Å². The van der Waals surface area contributed by atoms with Crippen molar-refractivity contribution in [1.82, 2.24) is 14.9 Å². The fourth-order valence-electron chi connectivity index (χ4n) is 3.59. The lowest BCUT2D eigenvalue weighted by atomic mass is 9.94. The molecule has 1 aromatic carbocycles. The first kappa shape index (κ1) is 15.8. The summed E-state index contributed by atoms with van der Waals surface area (Å²) in [6.07, 6.45) is 7.51. The van der Waals surface area contributed by atoms with E-state index < -0.39 is 0 Å². The Balaban J connectivity index is 1.48. The van der Waals surface area contributed by atoms with E-state index in [1.165, 1.54) is 0 Å². The number of furan rings is 1. The summed E-state index contributed by atoms with van der Waals surface area (Å²) >= 11 is 0. The van der Waals surface area contributed by atoms with E-state index in [9.17, 15) is 4.79 Å². The third-order valence-electron chi connectivity index (χ3n) is 4.95. The van der Waals surface area contributed by atoms with Gasteiger partial charge in [0.1, 0.15) is 11.9 Å². The van der Waals surface area contributed by atoms with Crippen LogP contribution < -0.4 is 0 Å². The minimum absolute atomic E-state index is 0.155. The van der Waals surface area contributed by atoms with Gasteiger partial charge in [0.15, 0.2) is 0 Å². The quantitative estimate of drug-likeness (QED) is 0.735. The Morgan fingerprint density at radius 3 is 3.12 bits per heavy atom. The Hall–Kier alpha value is -2.69. The van der Waals surface area contributed by atoms with E-state index in [0.717, 1.165) is 53.7 Å². The predicted octanol–water partition coefficient (Wildman–Crippen LogP) is 3.48. The molecule has 4 rings (SSSR count). The van der Waals surface area contributed by atoms with E-state index in [2.05, 4.69) is 16.0 Å². The molecule has 1 fully saturated rings. The van der Waals surface area contributed by atoms with Gasteiger partial charge in [-0.05, 0) is 37.5 Å². The number of likely N-dealkylation sites (tertiary alicyclic amines) is 1. The number of hydrogen-bond donors (Lipinski definition) is 0. The minimum Gasteiger partial charge on any atom is -0.464 e. The normalized spacial score (nSPS) is 17.8. The molecule has 1 aliphatic heterocycles. The fourth-order valence-corrected chi connectivity index (χ4v) is 3.59. The molecule has 0 N–H and O–H groups in total. The highest BCUT2D eigenvalue weighted by molar-refractivity contribution is 5.88. The molecule has 1 atom stereocenters. The maximum atomic E-state index is 12.8. The van der Waals surface area contributed by atoms with Crippen LogP contribution in [-0.2, 0) is 11.2 Å². The number of fused-ring (bicyclic) bond motifs is 1. The molecule has 3 heterocycles. The average molecular weight is 335 g/mol. The zero-order valence-corrected chi connectivity index (χ0v) is 14.3. The lowest BCUT2D eigenvalue weighted by Crippen LogP contribution is -2.40. The average Bonchev–Trinajstić information content (AvgIpc) is 3.04. The summed E-state index contributed by atoms with van der Waals surface area (Å²) in [5.74, 6) is 0.450. The first-order chi connectivity index (χ1) is 12.2. The van der Waals surface area contributed by atoms with Gasteiger partial charge in [-0.25, -0.2) is 9.97 Å². The van der Waals surface area contributed by atoms with Crippen LogP contribution in [0.15, 0.2) is 47.5 Å². The number of aromatic nitrogens is 2. The Labute approximate surface area is 146 Å². The van der Waals surface area contributed by atoms with Crippen LogP contribution in [0.4, 0.5) is 0 Å². The molecular weight excluding hydrogens is 314 g/mol. The molecule has 0 bridgehead atoms. The highest BCUT2D eigenvalue weighted by Crippen LogP contribution is 2.27. The lowest BCUT2D eigenvalue weighted by Gasteiger charge is -2.32. The van der Waals surface area contributed by atoms with Crippen LogP contribution in [0.1, 0.15) is 35.6 Å². The van der Waals surface area contributed by atoms with Gasteiger partial charge in [-0.3, -0.25) is 4.79 Å². The van der Waals surface area contributed by atoms with E-state index in [-0.39, 0.29) is 5.91 Å². The number of aryl methyl sites for hydroxylation is 1. The van der Waals surface area contributed by atoms with Gasteiger partial charge in [0, 0.05) is 41.8 Å². The van der Waals surface area contributed by atoms with Crippen molar-refractivity contribution in [2.24, 2.45) is 0 Å². The summed E-state index contributed by atoms with van der Waals surface area (Å²) < 4.78 is 5.62. The van der Waals surface area contributed by atoms with Crippen LogP contribution in [0.5, 0.6) is 0 Å². The van der Waals surface area contributed by atoms with E-state index in [0.29, 0.717) is 12.3 Å². The molecule has 0 radical (unpaired) electrons. The SMILES string of the molecule is Cc1ccc2c(CC(=O)N3CCC[C@@H](c4ccncn4)C3)coc2c1. The lowest BCUT2D eigenvalue weighted by molar-refractivity contribution is -0.131. The summed E-state index contributed by atoms with van der Waals surface area (Å²) in [5.41, 5.74) is 3.99. The molecule has 2 aromatic heterocycles.